The van der Waals surface area contributed by atoms with Crippen LogP contribution in [0.15, 0.2) is 35.1 Å². The Morgan fingerprint density at radius 3 is 2.23 bits per heavy atom. The molecule has 2 unspecified atom stereocenters. The average Bonchev–Trinajstić information content (AvgIpc) is 3.12. The number of hydrogen-bond acceptors (Lipinski definition) is 3. The fourth-order valence-corrected chi connectivity index (χ4v) is 4.99. The van der Waals surface area contributed by atoms with Gasteiger partial charge in [-0.15, -0.1) is 0 Å². The molecule has 1 aliphatic heterocycles. The highest BCUT2D eigenvalue weighted by atomic mass is 16.4. The van der Waals surface area contributed by atoms with E-state index in [0.29, 0.717) is 11.4 Å². The maximum Gasteiger partial charge on any atom is 0.407 e. The van der Waals surface area contributed by atoms with E-state index in [-0.39, 0.29) is 42.8 Å². The van der Waals surface area contributed by atoms with Crippen LogP contribution in [-0.4, -0.2) is 61.6 Å². The Morgan fingerprint density at radius 2 is 1.58 bits per heavy atom. The predicted octanol–water partition coefficient (Wildman–Crippen LogP) is 3.56. The van der Waals surface area contributed by atoms with Crippen molar-refractivity contribution in [3.05, 3.63) is 46.5 Å². The van der Waals surface area contributed by atoms with Gasteiger partial charge < -0.3 is 19.9 Å². The maximum atomic E-state index is 13.7. The third kappa shape index (κ3) is 3.98. The van der Waals surface area contributed by atoms with E-state index in [9.17, 15) is 19.5 Å². The van der Waals surface area contributed by atoms with Crippen molar-refractivity contribution >= 4 is 12.0 Å². The Kier molecular flexibility index (Phi) is 5.89. The highest BCUT2D eigenvalue weighted by molar-refractivity contribution is 5.98. The first kappa shape index (κ1) is 21.2. The molecule has 0 spiro atoms. The number of aromatic amines is 1. The molecular weight excluding hydrogens is 396 g/mol. The van der Waals surface area contributed by atoms with Crippen molar-refractivity contribution in [2.45, 2.75) is 64.1 Å². The van der Waals surface area contributed by atoms with Crippen LogP contribution in [0, 0.1) is 0 Å². The number of aromatic nitrogens is 2. The quantitative estimate of drug-likeness (QED) is 0.784. The summed E-state index contributed by atoms with van der Waals surface area (Å²) in [4.78, 5) is 44.1. The standard InChI is InChI=1S/C23H30N4O4/c1-15-14-26(23(30)31)16(2)13-25(15)21(28)19-20(17-9-5-3-6-10-17)27(22(29)24-19)18-11-7-4-8-12-18/h3,5-6,9-10,15-16,18H,4,7-8,11-14H2,1-2H3,(H,24,29)(H,30,31). The third-order valence-electron chi connectivity index (χ3n) is 6.62. The van der Waals surface area contributed by atoms with E-state index in [1.165, 1.54) is 11.3 Å². The first-order valence-corrected chi connectivity index (χ1v) is 11.1. The fourth-order valence-electron chi connectivity index (χ4n) is 4.99. The van der Waals surface area contributed by atoms with Crippen molar-refractivity contribution in [2.75, 3.05) is 13.1 Å². The van der Waals surface area contributed by atoms with Gasteiger partial charge in [-0.05, 0) is 26.7 Å². The number of hydrogen-bond donors (Lipinski definition) is 2. The summed E-state index contributed by atoms with van der Waals surface area (Å²) in [6.45, 7) is 4.18. The van der Waals surface area contributed by atoms with Crippen molar-refractivity contribution in [2.24, 2.45) is 0 Å². The summed E-state index contributed by atoms with van der Waals surface area (Å²) in [6, 6.07) is 9.05. The van der Waals surface area contributed by atoms with Gasteiger partial charge in [0.05, 0.1) is 5.69 Å². The molecule has 2 N–H and O–H groups in total. The summed E-state index contributed by atoms with van der Waals surface area (Å²) in [5, 5.41) is 9.42. The molecule has 2 aromatic rings. The van der Waals surface area contributed by atoms with E-state index in [0.717, 1.165) is 31.2 Å². The van der Waals surface area contributed by atoms with Crippen LogP contribution in [-0.2, 0) is 0 Å². The Morgan fingerprint density at radius 1 is 0.968 bits per heavy atom. The Hall–Kier alpha value is -3.03. The first-order valence-electron chi connectivity index (χ1n) is 11.1. The van der Waals surface area contributed by atoms with E-state index in [2.05, 4.69) is 4.98 Å². The highest BCUT2D eigenvalue weighted by Crippen LogP contribution is 2.33. The van der Waals surface area contributed by atoms with E-state index in [4.69, 9.17) is 0 Å². The van der Waals surface area contributed by atoms with Crippen LogP contribution in [0.4, 0.5) is 4.79 Å². The molecule has 8 heteroatoms. The molecule has 0 bridgehead atoms. The van der Waals surface area contributed by atoms with Gasteiger partial charge in [-0.2, -0.15) is 0 Å². The number of carbonyl (C=O) groups excluding carboxylic acids is 1. The number of amides is 2. The zero-order chi connectivity index (χ0) is 22.1. The number of carboxylic acid groups (broad SMARTS) is 1. The predicted molar refractivity (Wildman–Crippen MR) is 117 cm³/mol. The molecule has 2 amide bonds. The van der Waals surface area contributed by atoms with E-state index >= 15 is 0 Å². The molecule has 0 radical (unpaired) electrons. The van der Waals surface area contributed by atoms with Crippen LogP contribution in [0.3, 0.4) is 0 Å². The maximum absolute atomic E-state index is 13.7. The van der Waals surface area contributed by atoms with Crippen LogP contribution >= 0.6 is 0 Å². The molecule has 8 nitrogen and oxygen atoms in total. The second-order valence-electron chi connectivity index (χ2n) is 8.77. The van der Waals surface area contributed by atoms with Crippen LogP contribution in [0.1, 0.15) is 62.5 Å². The van der Waals surface area contributed by atoms with Crippen LogP contribution in [0.25, 0.3) is 11.3 Å². The summed E-state index contributed by atoms with van der Waals surface area (Å²) < 4.78 is 1.78. The lowest BCUT2D eigenvalue weighted by Crippen LogP contribution is -2.59. The minimum absolute atomic E-state index is 0.0782. The van der Waals surface area contributed by atoms with Gasteiger partial charge in [-0.1, -0.05) is 49.6 Å². The topological polar surface area (TPSA) is 98.6 Å². The Balaban J connectivity index is 1.75. The van der Waals surface area contributed by atoms with Crippen molar-refractivity contribution in [3.8, 4) is 11.3 Å². The van der Waals surface area contributed by atoms with E-state index in [1.807, 2.05) is 37.3 Å². The number of H-pyrrole nitrogens is 1. The summed E-state index contributed by atoms with van der Waals surface area (Å²) in [5.41, 5.74) is 1.52. The van der Waals surface area contributed by atoms with E-state index in [1.54, 1.807) is 16.4 Å². The van der Waals surface area contributed by atoms with Gasteiger partial charge in [0.15, 0.2) is 0 Å². The van der Waals surface area contributed by atoms with Gasteiger partial charge in [0.25, 0.3) is 5.91 Å². The van der Waals surface area contributed by atoms with Gasteiger partial charge >= 0.3 is 11.8 Å². The molecule has 1 saturated heterocycles. The number of benzene rings is 1. The minimum Gasteiger partial charge on any atom is -0.465 e. The zero-order valence-corrected chi connectivity index (χ0v) is 18.1. The molecule has 2 fully saturated rings. The van der Waals surface area contributed by atoms with Crippen molar-refractivity contribution < 1.29 is 14.7 Å². The van der Waals surface area contributed by atoms with Gasteiger partial charge in [0.1, 0.15) is 5.69 Å². The SMILES string of the molecule is CC1CN(C(=O)c2[nH]c(=O)n(C3CCCCC3)c2-c2ccccc2)C(C)CN1C(=O)O. The molecule has 1 aromatic carbocycles. The van der Waals surface area contributed by atoms with Gasteiger partial charge in [0.2, 0.25) is 0 Å². The Bertz CT molecular complexity index is 1010. The normalized spacial score (nSPS) is 22.5. The molecule has 1 aliphatic carbocycles. The molecule has 4 rings (SSSR count). The number of carbonyl (C=O) groups is 2. The summed E-state index contributed by atoms with van der Waals surface area (Å²) >= 11 is 0. The van der Waals surface area contributed by atoms with Crippen LogP contribution in [0.5, 0.6) is 0 Å². The number of imidazole rings is 1. The summed E-state index contributed by atoms with van der Waals surface area (Å²) in [6.07, 6.45) is 4.20. The molecule has 2 atom stereocenters. The smallest absolute Gasteiger partial charge is 0.407 e. The summed E-state index contributed by atoms with van der Waals surface area (Å²) in [5.74, 6) is -0.255. The van der Waals surface area contributed by atoms with Crippen molar-refractivity contribution in [1.29, 1.82) is 0 Å². The van der Waals surface area contributed by atoms with Gasteiger partial charge in [-0.25, -0.2) is 9.59 Å². The van der Waals surface area contributed by atoms with Gasteiger partial charge in [0, 0.05) is 36.8 Å². The molecule has 31 heavy (non-hydrogen) atoms. The highest BCUT2D eigenvalue weighted by Gasteiger charge is 2.37. The second kappa shape index (κ2) is 8.61. The van der Waals surface area contributed by atoms with Crippen molar-refractivity contribution in [3.63, 3.8) is 0 Å². The molecule has 1 saturated carbocycles. The molecular formula is C23H30N4O4. The minimum atomic E-state index is -0.978. The third-order valence-corrected chi connectivity index (χ3v) is 6.62. The molecule has 166 valence electrons. The van der Waals surface area contributed by atoms with Crippen LogP contribution in [0.2, 0.25) is 0 Å². The lowest BCUT2D eigenvalue weighted by Gasteiger charge is -2.42. The summed E-state index contributed by atoms with van der Waals surface area (Å²) in [7, 11) is 0. The molecule has 1 aromatic heterocycles. The number of nitrogens with one attached hydrogen (secondary N) is 1. The lowest BCUT2D eigenvalue weighted by molar-refractivity contribution is 0.0326. The number of nitrogens with zero attached hydrogens (tertiary/aromatic N) is 3. The molecule has 2 aliphatic rings. The molecule has 2 heterocycles. The van der Waals surface area contributed by atoms with Crippen molar-refractivity contribution in [1.82, 2.24) is 19.4 Å². The van der Waals surface area contributed by atoms with Gasteiger partial charge in [-0.3, -0.25) is 9.36 Å². The lowest BCUT2D eigenvalue weighted by atomic mass is 9.94. The monoisotopic (exact) mass is 426 g/mol. The number of rotatable bonds is 3. The second-order valence-corrected chi connectivity index (χ2v) is 8.77. The first-order chi connectivity index (χ1) is 14.9. The average molecular weight is 427 g/mol. The largest absolute Gasteiger partial charge is 0.465 e. The Labute approximate surface area is 181 Å². The number of piperazine rings is 1. The van der Waals surface area contributed by atoms with E-state index < -0.39 is 6.09 Å². The zero-order valence-electron chi connectivity index (χ0n) is 18.1. The fraction of sp³-hybridized carbons (Fsp3) is 0.522. The van der Waals surface area contributed by atoms with Crippen LogP contribution < -0.4 is 5.69 Å².